The Kier molecular flexibility index (Phi) is 5.31. The van der Waals surface area contributed by atoms with E-state index in [4.69, 9.17) is 16.3 Å². The Morgan fingerprint density at radius 3 is 2.24 bits per heavy atom. The van der Waals surface area contributed by atoms with Crippen LogP contribution in [0.25, 0.3) is 11.1 Å². The van der Waals surface area contributed by atoms with Crippen molar-refractivity contribution >= 4 is 33.5 Å². The smallest absolute Gasteiger partial charge is 0.358 e. The number of hydrogen-bond donors (Lipinski definition) is 0. The quantitative estimate of drug-likeness (QED) is 0.548. The molecular weight excluding hydrogens is 408 g/mol. The van der Waals surface area contributed by atoms with Gasteiger partial charge in [-0.25, -0.2) is 9.78 Å². The average molecular weight is 420 g/mol. The zero-order valence-electron chi connectivity index (χ0n) is 13.1. The molecule has 0 atom stereocenters. The summed E-state index contributed by atoms with van der Waals surface area (Å²) in [5, 5.41) is 0.102. The van der Waals surface area contributed by atoms with E-state index in [2.05, 4.69) is 30.6 Å². The number of nitrogens with zero attached hydrogens (tertiary/aromatic N) is 2. The van der Waals surface area contributed by atoms with Crippen LogP contribution in [0.15, 0.2) is 59.2 Å². The molecule has 0 bridgehead atoms. The van der Waals surface area contributed by atoms with Crippen LogP contribution in [0, 0.1) is 0 Å². The normalized spacial score (nSPS) is 10.4. The van der Waals surface area contributed by atoms with Crippen LogP contribution in [0.1, 0.15) is 10.5 Å². The number of rotatable bonds is 4. The van der Waals surface area contributed by atoms with Crippen LogP contribution in [0.4, 0.5) is 0 Å². The lowest BCUT2D eigenvalue weighted by Gasteiger charge is -2.07. The number of benzene rings is 2. The molecule has 3 rings (SSSR count). The molecule has 0 amide bonds. The fourth-order valence-corrected chi connectivity index (χ4v) is 2.54. The van der Waals surface area contributed by atoms with Gasteiger partial charge >= 0.3 is 12.0 Å². The van der Waals surface area contributed by atoms with E-state index < -0.39 is 5.97 Å². The zero-order valence-corrected chi connectivity index (χ0v) is 15.4. The van der Waals surface area contributed by atoms with E-state index in [9.17, 15) is 4.79 Å². The van der Waals surface area contributed by atoms with Crippen LogP contribution < -0.4 is 4.74 Å². The van der Waals surface area contributed by atoms with Crippen LogP contribution in [-0.4, -0.2) is 23.0 Å². The van der Waals surface area contributed by atoms with Crippen molar-refractivity contribution < 1.29 is 14.3 Å². The van der Waals surface area contributed by atoms with Gasteiger partial charge in [0.05, 0.1) is 18.3 Å². The second-order valence-corrected chi connectivity index (χ2v) is 6.30. The summed E-state index contributed by atoms with van der Waals surface area (Å²) in [6.45, 7) is 0. The van der Waals surface area contributed by atoms with E-state index in [0.29, 0.717) is 5.75 Å². The van der Waals surface area contributed by atoms with Crippen LogP contribution >= 0.6 is 27.5 Å². The third-order valence-electron chi connectivity index (χ3n) is 3.34. The topological polar surface area (TPSA) is 61.3 Å². The summed E-state index contributed by atoms with van der Waals surface area (Å²) in [6.07, 6.45) is 1.30. The van der Waals surface area contributed by atoms with Crippen molar-refractivity contribution in [1.29, 1.82) is 0 Å². The van der Waals surface area contributed by atoms with Gasteiger partial charge in [-0.15, -0.1) is 0 Å². The predicted molar refractivity (Wildman–Crippen MR) is 98.0 cm³/mol. The largest absolute Gasteiger partial charge is 0.464 e. The maximum absolute atomic E-state index is 11.6. The Hall–Kier alpha value is -2.44. The first-order chi connectivity index (χ1) is 12.1. The number of esters is 1. The first-order valence-corrected chi connectivity index (χ1v) is 8.38. The van der Waals surface area contributed by atoms with Crippen LogP contribution in [0.2, 0.25) is 5.02 Å². The third-order valence-corrected chi connectivity index (χ3v) is 4.15. The van der Waals surface area contributed by atoms with Crippen molar-refractivity contribution in [3.05, 3.63) is 69.9 Å². The van der Waals surface area contributed by atoms with Crippen molar-refractivity contribution in [2.24, 2.45) is 0 Å². The fraction of sp³-hybridized carbons (Fsp3) is 0.0556. The summed E-state index contributed by atoms with van der Waals surface area (Å²) in [5.74, 6) is -0.109. The lowest BCUT2D eigenvalue weighted by Crippen LogP contribution is -2.07. The van der Waals surface area contributed by atoms with E-state index in [-0.39, 0.29) is 16.7 Å². The highest BCUT2D eigenvalue weighted by atomic mass is 79.9. The third kappa shape index (κ3) is 4.15. The lowest BCUT2D eigenvalue weighted by atomic mass is 10.1. The SMILES string of the molecule is COC(=O)c1nc(Oc2ccc(-c3ccc(Br)cc3)cc2)ncc1Cl. The highest BCUT2D eigenvalue weighted by molar-refractivity contribution is 9.10. The number of ether oxygens (including phenoxy) is 2. The Balaban J connectivity index is 1.80. The van der Waals surface area contributed by atoms with Crippen molar-refractivity contribution in [1.82, 2.24) is 9.97 Å². The number of hydrogen-bond acceptors (Lipinski definition) is 5. The van der Waals surface area contributed by atoms with Crippen molar-refractivity contribution in [3.63, 3.8) is 0 Å². The molecular formula is C18H12BrClN2O3. The highest BCUT2D eigenvalue weighted by Crippen LogP contribution is 2.26. The van der Waals surface area contributed by atoms with Crippen molar-refractivity contribution in [3.8, 4) is 22.9 Å². The zero-order chi connectivity index (χ0) is 17.8. The van der Waals surface area contributed by atoms with Crippen molar-refractivity contribution in [2.45, 2.75) is 0 Å². The molecule has 3 aromatic rings. The van der Waals surface area contributed by atoms with Crippen LogP contribution in [0.3, 0.4) is 0 Å². The van der Waals surface area contributed by atoms with E-state index in [0.717, 1.165) is 15.6 Å². The summed E-state index contributed by atoms with van der Waals surface area (Å²) in [5.41, 5.74) is 2.10. The minimum Gasteiger partial charge on any atom is -0.464 e. The Bertz CT molecular complexity index is 899. The Morgan fingerprint density at radius 1 is 1.04 bits per heavy atom. The van der Waals surface area contributed by atoms with Gasteiger partial charge in [0.15, 0.2) is 5.69 Å². The highest BCUT2D eigenvalue weighted by Gasteiger charge is 2.15. The molecule has 7 heteroatoms. The molecule has 0 aliphatic heterocycles. The molecule has 5 nitrogen and oxygen atoms in total. The maximum atomic E-state index is 11.6. The molecule has 1 heterocycles. The average Bonchev–Trinajstić information content (AvgIpc) is 2.64. The predicted octanol–water partition coefficient (Wildman–Crippen LogP) is 5.14. The second kappa shape index (κ2) is 7.63. The number of halogens is 2. The molecule has 2 aromatic carbocycles. The minimum absolute atomic E-state index is 0.0150. The number of carbonyl (C=O) groups is 1. The molecule has 126 valence electrons. The van der Waals surface area contributed by atoms with Crippen molar-refractivity contribution in [2.75, 3.05) is 7.11 Å². The van der Waals surface area contributed by atoms with E-state index in [1.807, 2.05) is 36.4 Å². The minimum atomic E-state index is -0.650. The van der Waals surface area contributed by atoms with Gasteiger partial charge in [0.2, 0.25) is 0 Å². The van der Waals surface area contributed by atoms with Gasteiger partial charge in [-0.2, -0.15) is 4.98 Å². The molecule has 0 N–H and O–H groups in total. The number of carbonyl (C=O) groups excluding carboxylic acids is 1. The number of aromatic nitrogens is 2. The van der Waals surface area contributed by atoms with Gasteiger partial charge in [0.1, 0.15) is 5.75 Å². The van der Waals surface area contributed by atoms with Gasteiger partial charge in [-0.3, -0.25) is 0 Å². The molecule has 0 saturated heterocycles. The molecule has 0 spiro atoms. The number of methoxy groups -OCH3 is 1. The Morgan fingerprint density at radius 2 is 1.64 bits per heavy atom. The molecule has 0 fully saturated rings. The monoisotopic (exact) mass is 418 g/mol. The van der Waals surface area contributed by atoms with E-state index in [1.165, 1.54) is 13.3 Å². The first kappa shape index (κ1) is 17.4. The summed E-state index contributed by atoms with van der Waals surface area (Å²) in [4.78, 5) is 19.6. The van der Waals surface area contributed by atoms with E-state index in [1.54, 1.807) is 12.1 Å². The van der Waals surface area contributed by atoms with Gasteiger partial charge in [-0.05, 0) is 35.4 Å². The molecule has 0 aliphatic carbocycles. The Labute approximate surface area is 157 Å². The van der Waals surface area contributed by atoms with Gasteiger partial charge in [0, 0.05) is 4.47 Å². The lowest BCUT2D eigenvalue weighted by molar-refractivity contribution is 0.0593. The van der Waals surface area contributed by atoms with Gasteiger partial charge in [0.25, 0.3) is 0 Å². The molecule has 0 radical (unpaired) electrons. The van der Waals surface area contributed by atoms with Crippen LogP contribution in [0.5, 0.6) is 11.8 Å². The standard InChI is InChI=1S/C18H12BrClN2O3/c1-24-17(23)16-15(20)10-21-18(22-16)25-14-8-4-12(5-9-14)11-2-6-13(19)7-3-11/h2-10H,1H3. The summed E-state index contributed by atoms with van der Waals surface area (Å²) in [6, 6.07) is 15.5. The van der Waals surface area contributed by atoms with E-state index >= 15 is 0 Å². The molecule has 25 heavy (non-hydrogen) atoms. The van der Waals surface area contributed by atoms with Crippen LogP contribution in [-0.2, 0) is 4.74 Å². The maximum Gasteiger partial charge on any atom is 0.358 e. The summed E-state index contributed by atoms with van der Waals surface area (Å²) < 4.78 is 11.2. The molecule has 1 aromatic heterocycles. The van der Waals surface area contributed by atoms with Gasteiger partial charge < -0.3 is 9.47 Å². The summed E-state index contributed by atoms with van der Waals surface area (Å²) >= 11 is 9.30. The molecule has 0 saturated carbocycles. The van der Waals surface area contributed by atoms with Gasteiger partial charge in [-0.1, -0.05) is 51.8 Å². The molecule has 0 aliphatic rings. The fourth-order valence-electron chi connectivity index (χ4n) is 2.10. The second-order valence-electron chi connectivity index (χ2n) is 4.97. The first-order valence-electron chi connectivity index (χ1n) is 7.21. The summed E-state index contributed by atoms with van der Waals surface area (Å²) in [7, 11) is 1.25. The molecule has 0 unspecified atom stereocenters.